The van der Waals surface area contributed by atoms with Gasteiger partial charge in [0.2, 0.25) is 0 Å². The summed E-state index contributed by atoms with van der Waals surface area (Å²) in [4.78, 5) is 0. The van der Waals surface area contributed by atoms with Crippen LogP contribution in [-0.4, -0.2) is 27.5 Å². The molecule has 0 aromatic carbocycles. The van der Waals surface area contributed by atoms with E-state index in [2.05, 4.69) is 0 Å². The van der Waals surface area contributed by atoms with E-state index < -0.39 is 12.2 Å². The Morgan fingerprint density at radius 3 is 2.44 bits per heavy atom. The van der Waals surface area contributed by atoms with Crippen LogP contribution in [0.5, 0.6) is 0 Å². The van der Waals surface area contributed by atoms with Crippen LogP contribution in [0, 0.1) is 0 Å². The molecule has 3 nitrogen and oxygen atoms in total. The lowest BCUT2D eigenvalue weighted by molar-refractivity contribution is 0.0433. The van der Waals surface area contributed by atoms with Gasteiger partial charge in [-0.3, -0.25) is 0 Å². The van der Waals surface area contributed by atoms with E-state index in [0.29, 0.717) is 0 Å². The van der Waals surface area contributed by atoms with Crippen molar-refractivity contribution in [3.05, 3.63) is 24.0 Å². The average Bonchev–Trinajstić information content (AvgIpc) is 1.83. The highest BCUT2D eigenvalue weighted by molar-refractivity contribution is 5.19. The molecule has 0 fully saturated rings. The van der Waals surface area contributed by atoms with Crippen molar-refractivity contribution in [1.29, 1.82) is 0 Å². The minimum absolute atomic E-state index is 0.190. The maximum Gasteiger partial charge on any atom is 0.140 e. The Morgan fingerprint density at radius 2 is 2.00 bits per heavy atom. The van der Waals surface area contributed by atoms with E-state index >= 15 is 0 Å². The molecule has 1 aliphatic carbocycles. The number of hydrogen-bond acceptors (Lipinski definition) is 3. The van der Waals surface area contributed by atoms with Crippen LogP contribution in [0.15, 0.2) is 24.0 Å². The van der Waals surface area contributed by atoms with Gasteiger partial charge < -0.3 is 15.3 Å². The third kappa shape index (κ3) is 1.12. The van der Waals surface area contributed by atoms with E-state index in [1.165, 1.54) is 18.2 Å². The molecule has 0 heterocycles. The highest BCUT2D eigenvalue weighted by atomic mass is 16.4. The molecule has 2 atom stereocenters. The number of allylic oxidation sites excluding steroid dienone is 2. The van der Waals surface area contributed by atoms with Gasteiger partial charge in [-0.25, -0.2) is 0 Å². The Balaban J connectivity index is 2.73. The molecule has 1 rings (SSSR count). The molecule has 0 aromatic rings. The lowest BCUT2D eigenvalue weighted by Crippen LogP contribution is -2.27. The van der Waals surface area contributed by atoms with Crippen molar-refractivity contribution >= 4 is 0 Å². The summed E-state index contributed by atoms with van der Waals surface area (Å²) in [6.45, 7) is 0. The zero-order chi connectivity index (χ0) is 6.85. The molecule has 0 saturated carbocycles. The zero-order valence-electron chi connectivity index (χ0n) is 4.73. The summed E-state index contributed by atoms with van der Waals surface area (Å²) in [5.74, 6) is -0.190. The predicted molar refractivity (Wildman–Crippen MR) is 31.9 cm³/mol. The number of rotatable bonds is 0. The first-order valence-corrected chi connectivity index (χ1v) is 2.65. The third-order valence-electron chi connectivity index (χ3n) is 1.20. The Labute approximate surface area is 52.6 Å². The van der Waals surface area contributed by atoms with Crippen molar-refractivity contribution in [2.45, 2.75) is 12.2 Å². The van der Waals surface area contributed by atoms with Gasteiger partial charge in [0.25, 0.3) is 0 Å². The molecule has 50 valence electrons. The first-order chi connectivity index (χ1) is 4.22. The smallest absolute Gasteiger partial charge is 0.140 e. The molecule has 0 unspecified atom stereocenters. The number of hydrogen-bond donors (Lipinski definition) is 3. The van der Waals surface area contributed by atoms with Gasteiger partial charge in [0, 0.05) is 0 Å². The molecule has 0 amide bonds. The van der Waals surface area contributed by atoms with E-state index in [9.17, 15) is 0 Å². The molecule has 0 bridgehead atoms. The van der Waals surface area contributed by atoms with Crippen molar-refractivity contribution in [2.24, 2.45) is 0 Å². The van der Waals surface area contributed by atoms with Gasteiger partial charge in [0.05, 0.1) is 0 Å². The predicted octanol–water partition coefficient (Wildman–Crippen LogP) is -0.280. The Hall–Kier alpha value is -0.800. The van der Waals surface area contributed by atoms with Gasteiger partial charge in [-0.05, 0) is 6.08 Å². The van der Waals surface area contributed by atoms with Gasteiger partial charge in [0.15, 0.2) is 0 Å². The monoisotopic (exact) mass is 128 g/mol. The molecular weight excluding hydrogens is 120 g/mol. The highest BCUT2D eigenvalue weighted by Gasteiger charge is 2.19. The van der Waals surface area contributed by atoms with E-state index in [4.69, 9.17) is 15.3 Å². The molecule has 1 aliphatic rings. The van der Waals surface area contributed by atoms with Crippen LogP contribution in [0.4, 0.5) is 0 Å². The normalized spacial score (nSPS) is 34.2. The van der Waals surface area contributed by atoms with Crippen LogP contribution in [-0.2, 0) is 0 Å². The fourth-order valence-corrected chi connectivity index (χ4v) is 0.647. The first kappa shape index (κ1) is 6.32. The minimum Gasteiger partial charge on any atom is -0.509 e. The van der Waals surface area contributed by atoms with Crippen LogP contribution < -0.4 is 0 Å². The fraction of sp³-hybridized carbons (Fsp3) is 0.333. The molecule has 0 saturated heterocycles. The van der Waals surface area contributed by atoms with Gasteiger partial charge in [-0.1, -0.05) is 12.2 Å². The SMILES string of the molecule is OC1=CC=C[C@H](O)[C@H]1O. The van der Waals surface area contributed by atoms with Crippen molar-refractivity contribution in [2.75, 3.05) is 0 Å². The fourth-order valence-electron chi connectivity index (χ4n) is 0.647. The van der Waals surface area contributed by atoms with Crippen molar-refractivity contribution < 1.29 is 15.3 Å². The van der Waals surface area contributed by atoms with E-state index in [0.717, 1.165) is 0 Å². The van der Waals surface area contributed by atoms with Crippen LogP contribution in [0.1, 0.15) is 0 Å². The maximum absolute atomic E-state index is 8.83. The number of aliphatic hydroxyl groups excluding tert-OH is 3. The summed E-state index contributed by atoms with van der Waals surface area (Å²) in [6, 6.07) is 0. The summed E-state index contributed by atoms with van der Waals surface area (Å²) in [7, 11) is 0. The minimum atomic E-state index is -1.14. The quantitative estimate of drug-likeness (QED) is 0.420. The third-order valence-corrected chi connectivity index (χ3v) is 1.20. The molecule has 3 N–H and O–H groups in total. The molecule has 0 radical (unpaired) electrons. The second kappa shape index (κ2) is 2.21. The van der Waals surface area contributed by atoms with Crippen LogP contribution in [0.2, 0.25) is 0 Å². The molecule has 0 aliphatic heterocycles. The summed E-state index contributed by atoms with van der Waals surface area (Å²) in [6.07, 6.45) is 2.14. The molecular formula is C6H8O3. The summed E-state index contributed by atoms with van der Waals surface area (Å²) < 4.78 is 0. The van der Waals surface area contributed by atoms with Gasteiger partial charge >= 0.3 is 0 Å². The van der Waals surface area contributed by atoms with Crippen molar-refractivity contribution in [3.8, 4) is 0 Å². The largest absolute Gasteiger partial charge is 0.509 e. The Bertz CT molecular complexity index is 160. The molecule has 9 heavy (non-hydrogen) atoms. The van der Waals surface area contributed by atoms with Crippen LogP contribution in [0.25, 0.3) is 0 Å². The van der Waals surface area contributed by atoms with Gasteiger partial charge in [-0.15, -0.1) is 0 Å². The summed E-state index contributed by atoms with van der Waals surface area (Å²) >= 11 is 0. The van der Waals surface area contributed by atoms with Crippen molar-refractivity contribution in [1.82, 2.24) is 0 Å². The molecule has 3 heteroatoms. The van der Waals surface area contributed by atoms with Crippen molar-refractivity contribution in [3.63, 3.8) is 0 Å². The Kier molecular flexibility index (Phi) is 1.55. The lowest BCUT2D eigenvalue weighted by Gasteiger charge is -2.15. The number of aliphatic hydroxyl groups is 3. The first-order valence-electron chi connectivity index (χ1n) is 2.65. The second-order valence-electron chi connectivity index (χ2n) is 1.91. The zero-order valence-corrected chi connectivity index (χ0v) is 4.73. The van der Waals surface area contributed by atoms with E-state index in [1.54, 1.807) is 0 Å². The topological polar surface area (TPSA) is 60.7 Å². The van der Waals surface area contributed by atoms with Crippen LogP contribution >= 0.6 is 0 Å². The van der Waals surface area contributed by atoms with E-state index in [-0.39, 0.29) is 5.76 Å². The van der Waals surface area contributed by atoms with E-state index in [1.807, 2.05) is 0 Å². The molecule has 0 aromatic heterocycles. The lowest BCUT2D eigenvalue weighted by atomic mass is 10.1. The Morgan fingerprint density at radius 1 is 1.33 bits per heavy atom. The van der Waals surface area contributed by atoms with Gasteiger partial charge in [0.1, 0.15) is 18.0 Å². The maximum atomic E-state index is 8.83. The summed E-state index contributed by atoms with van der Waals surface area (Å²) in [5.41, 5.74) is 0. The highest BCUT2D eigenvalue weighted by Crippen LogP contribution is 2.09. The second-order valence-corrected chi connectivity index (χ2v) is 1.91. The summed E-state index contributed by atoms with van der Waals surface area (Å²) in [5, 5.41) is 26.4. The average molecular weight is 128 g/mol. The van der Waals surface area contributed by atoms with Crippen LogP contribution in [0.3, 0.4) is 0 Å². The standard InChI is InChI=1S/C6H8O3/c7-4-2-1-3-5(8)6(4)9/h1-4,6-9H/t4-,6+/m0/s1. The molecule has 0 spiro atoms. The van der Waals surface area contributed by atoms with Gasteiger partial charge in [-0.2, -0.15) is 0 Å².